The topological polar surface area (TPSA) is 81.7 Å². The van der Waals surface area contributed by atoms with Crippen LogP contribution in [0.2, 0.25) is 0 Å². The molecule has 1 fully saturated rings. The summed E-state index contributed by atoms with van der Waals surface area (Å²) < 4.78 is 33.7. The van der Waals surface area contributed by atoms with Gasteiger partial charge < -0.3 is 14.8 Å². The Labute approximate surface area is 137 Å². The number of para-hydroxylation sites is 1. The fourth-order valence-electron chi connectivity index (χ4n) is 2.43. The largest absolute Gasteiger partial charge is 0.490 e. The molecule has 1 aliphatic rings. The van der Waals surface area contributed by atoms with E-state index in [1.54, 1.807) is 24.3 Å². The van der Waals surface area contributed by atoms with E-state index in [2.05, 4.69) is 5.32 Å². The summed E-state index contributed by atoms with van der Waals surface area (Å²) >= 11 is 0. The smallest absolute Gasteiger partial charge is 0.255 e. The Morgan fingerprint density at radius 3 is 2.61 bits per heavy atom. The van der Waals surface area contributed by atoms with E-state index in [1.165, 1.54) is 0 Å². The number of carbonyl (C=O) groups is 1. The molecule has 1 saturated heterocycles. The first kappa shape index (κ1) is 17.7. The maximum Gasteiger partial charge on any atom is 0.255 e. The second-order valence-corrected chi connectivity index (χ2v) is 7.74. The Morgan fingerprint density at radius 2 is 1.91 bits per heavy atom. The van der Waals surface area contributed by atoms with Crippen molar-refractivity contribution in [1.29, 1.82) is 0 Å². The minimum Gasteiger partial charge on any atom is -0.490 e. The van der Waals surface area contributed by atoms with Gasteiger partial charge in [-0.05, 0) is 31.9 Å². The SMILES string of the molecule is CCOCCOc1ccccc1C(=O)NC1CCS(=O)(=O)CC1. The molecule has 1 aromatic carbocycles. The van der Waals surface area contributed by atoms with Crippen molar-refractivity contribution in [2.75, 3.05) is 31.3 Å². The van der Waals surface area contributed by atoms with Gasteiger partial charge in [-0.1, -0.05) is 12.1 Å². The molecular weight excluding hydrogens is 318 g/mol. The van der Waals surface area contributed by atoms with Gasteiger partial charge in [0.25, 0.3) is 5.91 Å². The van der Waals surface area contributed by atoms with Crippen molar-refractivity contribution in [1.82, 2.24) is 5.32 Å². The molecule has 23 heavy (non-hydrogen) atoms. The van der Waals surface area contributed by atoms with Crippen LogP contribution in [0.1, 0.15) is 30.1 Å². The molecule has 1 heterocycles. The highest BCUT2D eigenvalue weighted by molar-refractivity contribution is 7.91. The number of amides is 1. The first-order valence-corrected chi connectivity index (χ1v) is 9.65. The number of carbonyl (C=O) groups excluding carboxylic acids is 1. The average Bonchev–Trinajstić information content (AvgIpc) is 2.54. The Morgan fingerprint density at radius 1 is 1.22 bits per heavy atom. The number of hydrogen-bond donors (Lipinski definition) is 1. The minimum absolute atomic E-state index is 0.109. The molecule has 0 aliphatic carbocycles. The standard InChI is InChI=1S/C16H23NO5S/c1-2-21-9-10-22-15-6-4-3-5-14(15)16(18)17-13-7-11-23(19,20)12-8-13/h3-6,13H,2,7-12H2,1H3,(H,17,18). The van der Waals surface area contributed by atoms with Crippen molar-refractivity contribution in [2.45, 2.75) is 25.8 Å². The molecule has 0 spiro atoms. The summed E-state index contributed by atoms with van der Waals surface area (Å²) in [7, 11) is -2.93. The van der Waals surface area contributed by atoms with Gasteiger partial charge in [-0.15, -0.1) is 0 Å². The predicted molar refractivity (Wildman–Crippen MR) is 87.6 cm³/mol. The summed E-state index contributed by atoms with van der Waals surface area (Å²) in [4.78, 5) is 12.4. The molecule has 0 unspecified atom stereocenters. The van der Waals surface area contributed by atoms with Crippen LogP contribution in [-0.2, 0) is 14.6 Å². The highest BCUT2D eigenvalue weighted by Gasteiger charge is 2.25. The Bertz CT molecular complexity index is 615. The van der Waals surface area contributed by atoms with Crippen LogP contribution in [0.3, 0.4) is 0 Å². The van der Waals surface area contributed by atoms with E-state index in [9.17, 15) is 13.2 Å². The molecule has 2 rings (SSSR count). The summed E-state index contributed by atoms with van der Waals surface area (Å²) in [6, 6.07) is 6.91. The molecule has 1 amide bonds. The molecule has 6 nitrogen and oxygen atoms in total. The van der Waals surface area contributed by atoms with E-state index in [1.807, 2.05) is 6.92 Å². The molecule has 0 aromatic heterocycles. The number of hydrogen-bond acceptors (Lipinski definition) is 5. The van der Waals surface area contributed by atoms with Crippen LogP contribution < -0.4 is 10.1 Å². The number of benzene rings is 1. The van der Waals surface area contributed by atoms with Crippen molar-refractivity contribution in [2.24, 2.45) is 0 Å². The van der Waals surface area contributed by atoms with Crippen LogP contribution in [0.5, 0.6) is 5.75 Å². The van der Waals surface area contributed by atoms with Gasteiger partial charge >= 0.3 is 0 Å². The van der Waals surface area contributed by atoms with Crippen LogP contribution in [0.15, 0.2) is 24.3 Å². The maximum atomic E-state index is 12.4. The Balaban J connectivity index is 1.94. The Kier molecular flexibility index (Phi) is 6.41. The summed E-state index contributed by atoms with van der Waals surface area (Å²) in [6.45, 7) is 3.37. The maximum absolute atomic E-state index is 12.4. The van der Waals surface area contributed by atoms with E-state index in [0.717, 1.165) is 0 Å². The summed E-state index contributed by atoms with van der Waals surface area (Å²) in [5.74, 6) is 0.531. The third-order valence-electron chi connectivity index (χ3n) is 3.71. The normalized spacial score (nSPS) is 17.6. The number of ether oxygens (including phenoxy) is 2. The van der Waals surface area contributed by atoms with E-state index >= 15 is 0 Å². The molecule has 7 heteroatoms. The third-order valence-corrected chi connectivity index (χ3v) is 5.43. The van der Waals surface area contributed by atoms with Gasteiger partial charge in [0, 0.05) is 12.6 Å². The van der Waals surface area contributed by atoms with Crippen LogP contribution in [0.4, 0.5) is 0 Å². The Hall–Kier alpha value is -1.60. The van der Waals surface area contributed by atoms with Crippen LogP contribution in [0, 0.1) is 0 Å². The van der Waals surface area contributed by atoms with Crippen LogP contribution in [0.25, 0.3) is 0 Å². The second kappa shape index (κ2) is 8.31. The van der Waals surface area contributed by atoms with Crippen LogP contribution >= 0.6 is 0 Å². The number of sulfone groups is 1. The summed E-state index contributed by atoms with van der Waals surface area (Å²) in [5.41, 5.74) is 0.456. The highest BCUT2D eigenvalue weighted by atomic mass is 32.2. The van der Waals surface area contributed by atoms with E-state index in [4.69, 9.17) is 9.47 Å². The highest BCUT2D eigenvalue weighted by Crippen LogP contribution is 2.19. The van der Waals surface area contributed by atoms with Crippen molar-refractivity contribution in [3.05, 3.63) is 29.8 Å². The van der Waals surface area contributed by atoms with Gasteiger partial charge in [-0.25, -0.2) is 8.42 Å². The number of rotatable bonds is 7. The average molecular weight is 341 g/mol. The first-order valence-electron chi connectivity index (χ1n) is 7.82. The molecule has 1 aliphatic heterocycles. The molecule has 128 valence electrons. The van der Waals surface area contributed by atoms with Gasteiger partial charge in [-0.2, -0.15) is 0 Å². The summed E-state index contributed by atoms with van der Waals surface area (Å²) in [5, 5.41) is 2.90. The van der Waals surface area contributed by atoms with Gasteiger partial charge in [0.15, 0.2) is 0 Å². The van der Waals surface area contributed by atoms with E-state index in [-0.39, 0.29) is 23.5 Å². The molecule has 1 N–H and O–H groups in total. The first-order chi connectivity index (χ1) is 11.0. The molecular formula is C16H23NO5S. The zero-order chi connectivity index (χ0) is 16.7. The fraction of sp³-hybridized carbons (Fsp3) is 0.562. The lowest BCUT2D eigenvalue weighted by Crippen LogP contribution is -2.41. The summed E-state index contributed by atoms with van der Waals surface area (Å²) in [6.07, 6.45) is 0.920. The lowest BCUT2D eigenvalue weighted by atomic mass is 10.1. The van der Waals surface area contributed by atoms with Gasteiger partial charge in [0.2, 0.25) is 0 Å². The molecule has 0 bridgehead atoms. The van der Waals surface area contributed by atoms with Crippen molar-refractivity contribution in [3.63, 3.8) is 0 Å². The van der Waals surface area contributed by atoms with Crippen LogP contribution in [-0.4, -0.2) is 51.7 Å². The fourth-order valence-corrected chi connectivity index (χ4v) is 3.92. The quantitative estimate of drug-likeness (QED) is 0.758. The molecule has 0 atom stereocenters. The minimum atomic E-state index is -2.93. The molecule has 0 saturated carbocycles. The third kappa shape index (κ3) is 5.51. The molecule has 0 radical (unpaired) electrons. The van der Waals surface area contributed by atoms with Gasteiger partial charge in [0.1, 0.15) is 22.2 Å². The zero-order valence-electron chi connectivity index (χ0n) is 13.3. The molecule has 1 aromatic rings. The van der Waals surface area contributed by atoms with Crippen molar-refractivity contribution < 1.29 is 22.7 Å². The van der Waals surface area contributed by atoms with Crippen molar-refractivity contribution >= 4 is 15.7 Å². The lowest BCUT2D eigenvalue weighted by Gasteiger charge is -2.23. The second-order valence-electron chi connectivity index (χ2n) is 5.44. The zero-order valence-corrected chi connectivity index (χ0v) is 14.1. The number of nitrogens with one attached hydrogen (secondary N) is 1. The van der Waals surface area contributed by atoms with E-state index in [0.29, 0.717) is 44.0 Å². The van der Waals surface area contributed by atoms with E-state index < -0.39 is 9.84 Å². The van der Waals surface area contributed by atoms with Gasteiger partial charge in [-0.3, -0.25) is 4.79 Å². The van der Waals surface area contributed by atoms with Gasteiger partial charge in [0.05, 0.1) is 23.7 Å². The predicted octanol–water partition coefficient (Wildman–Crippen LogP) is 1.41. The van der Waals surface area contributed by atoms with Crippen molar-refractivity contribution in [3.8, 4) is 5.75 Å². The lowest BCUT2D eigenvalue weighted by molar-refractivity contribution is 0.0918. The monoisotopic (exact) mass is 341 g/mol.